The van der Waals surface area contributed by atoms with Gasteiger partial charge in [-0.2, -0.15) is 4.57 Å². The zero-order valence-corrected chi connectivity index (χ0v) is 11.6. The maximum atomic E-state index is 6.48. The number of ether oxygens (including phenoxy) is 1. The van der Waals surface area contributed by atoms with Gasteiger partial charge in [0.15, 0.2) is 17.5 Å². The molecule has 1 aromatic heterocycles. The minimum absolute atomic E-state index is 0.0686. The zero-order chi connectivity index (χ0) is 13.1. The molecule has 98 valence electrons. The average molecular weight is 254 g/mol. The third-order valence-corrected chi connectivity index (χ3v) is 5.36. The predicted molar refractivity (Wildman–Crippen MR) is 75.3 cm³/mol. The highest BCUT2D eigenvalue weighted by atomic mass is 16.5. The van der Waals surface area contributed by atoms with Gasteiger partial charge in [0.2, 0.25) is 5.54 Å². The van der Waals surface area contributed by atoms with Crippen molar-refractivity contribution < 1.29 is 9.30 Å². The Morgan fingerprint density at radius 1 is 1.05 bits per heavy atom. The molecular formula is C17H20NO+. The van der Waals surface area contributed by atoms with Gasteiger partial charge in [0.05, 0.1) is 5.39 Å². The lowest BCUT2D eigenvalue weighted by atomic mass is 9.70. The molecule has 0 saturated heterocycles. The van der Waals surface area contributed by atoms with Gasteiger partial charge < -0.3 is 4.74 Å². The Hall–Kier alpha value is -1.57. The van der Waals surface area contributed by atoms with E-state index in [4.69, 9.17) is 4.74 Å². The molecule has 2 unspecified atom stereocenters. The second kappa shape index (κ2) is 3.50. The maximum Gasteiger partial charge on any atom is 0.255 e. The van der Waals surface area contributed by atoms with Crippen molar-refractivity contribution in [1.82, 2.24) is 0 Å². The van der Waals surface area contributed by atoms with Crippen LogP contribution in [0, 0.1) is 0 Å². The second-order valence-corrected chi connectivity index (χ2v) is 6.39. The number of para-hydroxylation sites is 1. The van der Waals surface area contributed by atoms with Crippen LogP contribution in [0.2, 0.25) is 0 Å². The van der Waals surface area contributed by atoms with Gasteiger partial charge in [-0.15, -0.1) is 0 Å². The Labute approximate surface area is 114 Å². The number of benzene rings is 1. The lowest BCUT2D eigenvalue weighted by Crippen LogP contribution is -2.71. The van der Waals surface area contributed by atoms with Crippen molar-refractivity contribution in [3.05, 3.63) is 36.5 Å². The molecule has 2 nitrogen and oxygen atoms in total. The van der Waals surface area contributed by atoms with Crippen molar-refractivity contribution in [2.75, 3.05) is 0 Å². The summed E-state index contributed by atoms with van der Waals surface area (Å²) in [4.78, 5) is 0. The van der Waals surface area contributed by atoms with E-state index < -0.39 is 0 Å². The van der Waals surface area contributed by atoms with E-state index in [9.17, 15) is 0 Å². The van der Waals surface area contributed by atoms with Crippen LogP contribution in [0.4, 0.5) is 0 Å². The van der Waals surface area contributed by atoms with Crippen LogP contribution >= 0.6 is 0 Å². The van der Waals surface area contributed by atoms with Gasteiger partial charge in [-0.1, -0.05) is 6.07 Å². The Bertz CT molecular complexity index is 660. The quantitative estimate of drug-likeness (QED) is 0.655. The molecule has 0 amide bonds. The first-order valence-electron chi connectivity index (χ1n) is 7.27. The summed E-state index contributed by atoms with van der Waals surface area (Å²) in [6.45, 7) is 4.65. The van der Waals surface area contributed by atoms with E-state index in [1.54, 1.807) is 0 Å². The molecule has 1 aromatic carbocycles. The van der Waals surface area contributed by atoms with Gasteiger partial charge in [-0.25, -0.2) is 0 Å². The Morgan fingerprint density at radius 3 is 2.74 bits per heavy atom. The van der Waals surface area contributed by atoms with E-state index in [2.05, 4.69) is 54.9 Å². The summed E-state index contributed by atoms with van der Waals surface area (Å²) in [6.07, 6.45) is 7.13. The molecule has 0 radical (unpaired) electrons. The predicted octanol–water partition coefficient (Wildman–Crippen LogP) is 3.57. The Morgan fingerprint density at radius 2 is 1.84 bits per heavy atom. The zero-order valence-electron chi connectivity index (χ0n) is 11.6. The summed E-state index contributed by atoms with van der Waals surface area (Å²) in [5.41, 5.74) is 1.24. The number of aromatic nitrogens is 1. The summed E-state index contributed by atoms with van der Waals surface area (Å²) in [5.74, 6) is 1.04. The molecule has 19 heavy (non-hydrogen) atoms. The molecule has 0 bridgehead atoms. The van der Waals surface area contributed by atoms with Crippen molar-refractivity contribution >= 4 is 10.9 Å². The van der Waals surface area contributed by atoms with Crippen LogP contribution in [0.1, 0.15) is 39.5 Å². The molecule has 0 N–H and O–H groups in total. The van der Waals surface area contributed by atoms with Crippen LogP contribution in [-0.4, -0.2) is 5.60 Å². The highest BCUT2D eigenvalue weighted by Gasteiger charge is 2.59. The van der Waals surface area contributed by atoms with Crippen molar-refractivity contribution in [2.45, 2.75) is 50.7 Å². The van der Waals surface area contributed by atoms with Crippen molar-refractivity contribution in [3.63, 3.8) is 0 Å². The highest BCUT2D eigenvalue weighted by Crippen LogP contribution is 2.46. The summed E-state index contributed by atoms with van der Waals surface area (Å²) in [5, 5.41) is 1.27. The Balaban J connectivity index is 2.09. The molecule has 1 fully saturated rings. The van der Waals surface area contributed by atoms with E-state index in [0.717, 1.165) is 12.2 Å². The number of nitrogens with zero attached hydrogens (tertiary/aromatic N) is 1. The first-order chi connectivity index (χ1) is 9.14. The van der Waals surface area contributed by atoms with Crippen molar-refractivity contribution in [1.29, 1.82) is 0 Å². The normalized spacial score (nSPS) is 32.7. The van der Waals surface area contributed by atoms with E-state index in [0.29, 0.717) is 0 Å². The molecule has 2 heteroatoms. The minimum Gasteiger partial charge on any atom is -0.473 e. The monoisotopic (exact) mass is 254 g/mol. The lowest BCUT2D eigenvalue weighted by Gasteiger charge is -2.47. The summed E-state index contributed by atoms with van der Waals surface area (Å²) in [7, 11) is 0. The van der Waals surface area contributed by atoms with E-state index in [1.165, 1.54) is 30.2 Å². The average Bonchev–Trinajstić information content (AvgIpc) is 2.41. The molecule has 2 aliphatic rings. The number of rotatable bonds is 0. The topological polar surface area (TPSA) is 13.1 Å². The molecule has 0 spiro atoms. The number of fused-ring (bicyclic) bond motifs is 2. The number of hydrogen-bond acceptors (Lipinski definition) is 1. The van der Waals surface area contributed by atoms with Crippen LogP contribution in [0.25, 0.3) is 10.9 Å². The summed E-state index contributed by atoms with van der Waals surface area (Å²) >= 11 is 0. The van der Waals surface area contributed by atoms with Gasteiger partial charge in [0.25, 0.3) is 5.52 Å². The van der Waals surface area contributed by atoms with Crippen molar-refractivity contribution in [2.24, 2.45) is 0 Å². The minimum atomic E-state index is -0.0848. The molecular weight excluding hydrogens is 234 g/mol. The van der Waals surface area contributed by atoms with E-state index in [-0.39, 0.29) is 11.1 Å². The SMILES string of the molecule is CC12CCCCC1(C)[n+]1cccc3cccc(c31)O2. The van der Waals surface area contributed by atoms with Gasteiger partial charge in [-0.3, -0.25) is 0 Å². The van der Waals surface area contributed by atoms with Gasteiger partial charge in [-0.05, 0) is 44.4 Å². The van der Waals surface area contributed by atoms with Crippen LogP contribution in [0.3, 0.4) is 0 Å². The molecule has 1 aliphatic carbocycles. The van der Waals surface area contributed by atoms with Crippen LogP contribution in [0.15, 0.2) is 36.5 Å². The molecule has 1 saturated carbocycles. The fourth-order valence-electron chi connectivity index (χ4n) is 3.98. The van der Waals surface area contributed by atoms with E-state index >= 15 is 0 Å². The molecule has 2 aromatic rings. The van der Waals surface area contributed by atoms with Gasteiger partial charge in [0, 0.05) is 19.4 Å². The highest BCUT2D eigenvalue weighted by molar-refractivity contribution is 5.81. The summed E-state index contributed by atoms with van der Waals surface area (Å²) < 4.78 is 8.95. The van der Waals surface area contributed by atoms with Gasteiger partial charge >= 0.3 is 0 Å². The van der Waals surface area contributed by atoms with Crippen LogP contribution < -0.4 is 9.30 Å². The molecule has 2 atom stereocenters. The third-order valence-electron chi connectivity index (χ3n) is 5.36. The number of hydrogen-bond donors (Lipinski definition) is 0. The lowest BCUT2D eigenvalue weighted by molar-refractivity contribution is -0.762. The second-order valence-electron chi connectivity index (χ2n) is 6.39. The summed E-state index contributed by atoms with van der Waals surface area (Å²) in [6, 6.07) is 10.7. The first-order valence-corrected chi connectivity index (χ1v) is 7.27. The standard InChI is InChI=1S/C17H20NO/c1-16-10-3-4-11-17(16,2)19-14-9-5-7-13-8-6-12-18(16)15(13)14/h5-9,12H,3-4,10-11H2,1-2H3/q+1. The smallest absolute Gasteiger partial charge is 0.255 e. The molecule has 4 rings (SSSR count). The van der Waals surface area contributed by atoms with Crippen molar-refractivity contribution in [3.8, 4) is 5.75 Å². The maximum absolute atomic E-state index is 6.48. The molecule has 2 heterocycles. The third kappa shape index (κ3) is 1.29. The largest absolute Gasteiger partial charge is 0.473 e. The fourth-order valence-corrected chi connectivity index (χ4v) is 3.98. The van der Waals surface area contributed by atoms with Crippen LogP contribution in [-0.2, 0) is 5.54 Å². The Kier molecular flexibility index (Phi) is 2.08. The number of pyridine rings is 1. The van der Waals surface area contributed by atoms with Gasteiger partial charge in [0.1, 0.15) is 0 Å². The fraction of sp³-hybridized carbons (Fsp3) is 0.471. The molecule has 1 aliphatic heterocycles. The first kappa shape index (κ1) is 11.3. The van der Waals surface area contributed by atoms with Crippen LogP contribution in [0.5, 0.6) is 5.75 Å². The van der Waals surface area contributed by atoms with E-state index in [1.807, 2.05) is 0 Å².